The number of carbonyl (C=O) groups excluding carboxylic acids is 1. The molecule has 1 fully saturated rings. The van der Waals surface area contributed by atoms with E-state index in [0.717, 1.165) is 37.3 Å². The molecule has 0 atom stereocenters. The molecule has 0 bridgehead atoms. The Bertz CT molecular complexity index is 634. The second kappa shape index (κ2) is 7.13. The number of rotatable bonds is 4. The molecule has 1 saturated heterocycles. The summed E-state index contributed by atoms with van der Waals surface area (Å²) in [6, 6.07) is 13.6. The Balaban J connectivity index is 1.48. The van der Waals surface area contributed by atoms with Gasteiger partial charge >= 0.3 is 0 Å². The molecule has 1 aromatic carbocycles. The van der Waals surface area contributed by atoms with Crippen LogP contribution in [-0.2, 0) is 11.3 Å². The zero-order valence-electron chi connectivity index (χ0n) is 13.1. The predicted molar refractivity (Wildman–Crippen MR) is 91.9 cm³/mol. The van der Waals surface area contributed by atoms with Gasteiger partial charge in [0.25, 0.3) is 0 Å². The molecular formula is C18H22N4O. The van der Waals surface area contributed by atoms with Gasteiger partial charge in [0.15, 0.2) is 0 Å². The normalized spacial score (nSPS) is 15.4. The standard InChI is InChI=1S/C18H22N4O/c19-15-4-6-17(7-5-15)22-11-8-14(9-12-22)18(23)21-13-16-3-1-2-10-20-16/h1-7,10,14H,8-9,11-13,19H2,(H,21,23). The number of nitrogens with one attached hydrogen (secondary N) is 1. The van der Waals surface area contributed by atoms with Gasteiger partial charge in [0.05, 0.1) is 12.2 Å². The topological polar surface area (TPSA) is 71.2 Å². The van der Waals surface area contributed by atoms with Crippen molar-refractivity contribution in [1.82, 2.24) is 10.3 Å². The van der Waals surface area contributed by atoms with Gasteiger partial charge < -0.3 is 16.0 Å². The summed E-state index contributed by atoms with van der Waals surface area (Å²) >= 11 is 0. The molecule has 0 spiro atoms. The number of nitrogens with zero attached hydrogens (tertiary/aromatic N) is 2. The first-order valence-electron chi connectivity index (χ1n) is 8.00. The molecule has 0 unspecified atom stereocenters. The highest BCUT2D eigenvalue weighted by Gasteiger charge is 2.24. The minimum Gasteiger partial charge on any atom is -0.399 e. The van der Waals surface area contributed by atoms with Gasteiger partial charge in [-0.05, 0) is 49.2 Å². The number of benzene rings is 1. The van der Waals surface area contributed by atoms with E-state index in [2.05, 4.69) is 15.2 Å². The molecule has 5 heteroatoms. The van der Waals surface area contributed by atoms with E-state index in [9.17, 15) is 4.79 Å². The maximum absolute atomic E-state index is 12.3. The van der Waals surface area contributed by atoms with Crippen molar-refractivity contribution in [1.29, 1.82) is 0 Å². The highest BCUT2D eigenvalue weighted by molar-refractivity contribution is 5.79. The fourth-order valence-corrected chi connectivity index (χ4v) is 2.91. The monoisotopic (exact) mass is 310 g/mol. The van der Waals surface area contributed by atoms with Crippen LogP contribution in [0.25, 0.3) is 0 Å². The summed E-state index contributed by atoms with van der Waals surface area (Å²) in [5.74, 6) is 0.219. The molecule has 0 saturated carbocycles. The Morgan fingerprint density at radius 1 is 1.17 bits per heavy atom. The second-order valence-corrected chi connectivity index (χ2v) is 5.89. The first kappa shape index (κ1) is 15.3. The van der Waals surface area contributed by atoms with E-state index in [1.54, 1.807) is 6.20 Å². The van der Waals surface area contributed by atoms with Gasteiger partial charge in [-0.25, -0.2) is 0 Å². The minimum absolute atomic E-state index is 0.0868. The molecule has 1 aliphatic heterocycles. The third-order valence-electron chi connectivity index (χ3n) is 4.29. The molecule has 120 valence electrons. The van der Waals surface area contributed by atoms with Gasteiger partial charge in [-0.1, -0.05) is 6.07 Å². The van der Waals surface area contributed by atoms with E-state index < -0.39 is 0 Å². The molecule has 1 aliphatic rings. The lowest BCUT2D eigenvalue weighted by Gasteiger charge is -2.33. The predicted octanol–water partition coefficient (Wildman–Crippen LogP) is 2.20. The number of pyridine rings is 1. The van der Waals surface area contributed by atoms with Crippen LogP contribution in [0.5, 0.6) is 0 Å². The highest BCUT2D eigenvalue weighted by Crippen LogP contribution is 2.24. The van der Waals surface area contributed by atoms with Crippen molar-refractivity contribution in [2.45, 2.75) is 19.4 Å². The van der Waals surface area contributed by atoms with Crippen molar-refractivity contribution in [2.75, 3.05) is 23.7 Å². The van der Waals surface area contributed by atoms with E-state index in [4.69, 9.17) is 5.73 Å². The summed E-state index contributed by atoms with van der Waals surface area (Å²) in [4.78, 5) is 18.8. The third kappa shape index (κ3) is 4.00. The summed E-state index contributed by atoms with van der Waals surface area (Å²) in [5.41, 5.74) is 8.56. The van der Waals surface area contributed by atoms with Crippen molar-refractivity contribution < 1.29 is 4.79 Å². The van der Waals surface area contributed by atoms with Crippen LogP contribution in [-0.4, -0.2) is 24.0 Å². The highest BCUT2D eigenvalue weighted by atomic mass is 16.1. The quantitative estimate of drug-likeness (QED) is 0.849. The summed E-state index contributed by atoms with van der Waals surface area (Å²) in [7, 11) is 0. The zero-order chi connectivity index (χ0) is 16.1. The maximum atomic E-state index is 12.3. The van der Waals surface area contributed by atoms with Crippen molar-refractivity contribution in [3.63, 3.8) is 0 Å². The average molecular weight is 310 g/mol. The van der Waals surface area contributed by atoms with Gasteiger partial charge in [0, 0.05) is 36.6 Å². The first-order chi connectivity index (χ1) is 11.2. The SMILES string of the molecule is Nc1ccc(N2CCC(C(=O)NCc3ccccn3)CC2)cc1. The number of nitrogens with two attached hydrogens (primary N) is 1. The Morgan fingerprint density at radius 2 is 1.91 bits per heavy atom. The number of piperidine rings is 1. The number of hydrogen-bond acceptors (Lipinski definition) is 4. The molecule has 5 nitrogen and oxygen atoms in total. The fourth-order valence-electron chi connectivity index (χ4n) is 2.91. The van der Waals surface area contributed by atoms with Crippen molar-refractivity contribution in [2.24, 2.45) is 5.92 Å². The van der Waals surface area contributed by atoms with Gasteiger partial charge in [-0.15, -0.1) is 0 Å². The molecule has 0 radical (unpaired) electrons. The number of hydrogen-bond donors (Lipinski definition) is 2. The Kier molecular flexibility index (Phi) is 4.76. The summed E-state index contributed by atoms with van der Waals surface area (Å²) < 4.78 is 0. The number of carbonyl (C=O) groups is 1. The van der Waals surface area contributed by atoms with Crippen molar-refractivity contribution in [3.8, 4) is 0 Å². The van der Waals surface area contributed by atoms with Gasteiger partial charge in [-0.3, -0.25) is 9.78 Å². The van der Waals surface area contributed by atoms with Crippen LogP contribution in [0.15, 0.2) is 48.7 Å². The minimum atomic E-state index is 0.0868. The second-order valence-electron chi connectivity index (χ2n) is 5.89. The first-order valence-corrected chi connectivity index (χ1v) is 8.00. The number of anilines is 2. The molecule has 3 N–H and O–H groups in total. The Labute approximate surface area is 136 Å². The molecule has 1 aromatic heterocycles. The molecule has 2 heterocycles. The zero-order valence-corrected chi connectivity index (χ0v) is 13.1. The van der Waals surface area contributed by atoms with Gasteiger partial charge in [0.1, 0.15) is 0 Å². The molecule has 23 heavy (non-hydrogen) atoms. The van der Waals surface area contributed by atoms with Crippen LogP contribution in [0.2, 0.25) is 0 Å². The largest absolute Gasteiger partial charge is 0.399 e. The molecular weight excluding hydrogens is 288 g/mol. The summed E-state index contributed by atoms with van der Waals surface area (Å²) in [6.45, 7) is 2.29. The summed E-state index contributed by atoms with van der Waals surface area (Å²) in [6.07, 6.45) is 3.49. The Hall–Kier alpha value is -2.56. The van der Waals surface area contributed by atoms with Crippen LogP contribution < -0.4 is 16.0 Å². The van der Waals surface area contributed by atoms with Crippen molar-refractivity contribution in [3.05, 3.63) is 54.4 Å². The van der Waals surface area contributed by atoms with Crippen LogP contribution in [0.1, 0.15) is 18.5 Å². The van der Waals surface area contributed by atoms with Gasteiger partial charge in [-0.2, -0.15) is 0 Å². The summed E-state index contributed by atoms with van der Waals surface area (Å²) in [5, 5.41) is 2.99. The lowest BCUT2D eigenvalue weighted by atomic mass is 9.95. The van der Waals surface area contributed by atoms with Crippen LogP contribution in [0.3, 0.4) is 0 Å². The van der Waals surface area contributed by atoms with E-state index in [1.807, 2.05) is 42.5 Å². The lowest BCUT2D eigenvalue weighted by molar-refractivity contribution is -0.125. The van der Waals surface area contributed by atoms with Crippen LogP contribution in [0, 0.1) is 5.92 Å². The number of aromatic nitrogens is 1. The van der Waals surface area contributed by atoms with Gasteiger partial charge in [0.2, 0.25) is 5.91 Å². The molecule has 3 rings (SSSR count). The molecule has 0 aliphatic carbocycles. The maximum Gasteiger partial charge on any atom is 0.223 e. The lowest BCUT2D eigenvalue weighted by Crippen LogP contribution is -2.40. The van der Waals surface area contributed by atoms with E-state index >= 15 is 0 Å². The fraction of sp³-hybridized carbons (Fsp3) is 0.333. The molecule has 2 aromatic rings. The number of nitrogen functional groups attached to an aromatic ring is 1. The average Bonchev–Trinajstić information content (AvgIpc) is 2.61. The van der Waals surface area contributed by atoms with E-state index in [-0.39, 0.29) is 11.8 Å². The van der Waals surface area contributed by atoms with E-state index in [1.165, 1.54) is 5.69 Å². The number of amides is 1. The Morgan fingerprint density at radius 3 is 2.57 bits per heavy atom. The molecule has 1 amide bonds. The third-order valence-corrected chi connectivity index (χ3v) is 4.29. The van der Waals surface area contributed by atoms with E-state index in [0.29, 0.717) is 6.54 Å². The van der Waals surface area contributed by atoms with Crippen molar-refractivity contribution >= 4 is 17.3 Å². The smallest absolute Gasteiger partial charge is 0.223 e. The van der Waals surface area contributed by atoms with Crippen LogP contribution >= 0.6 is 0 Å². The van der Waals surface area contributed by atoms with Crippen LogP contribution in [0.4, 0.5) is 11.4 Å².